The summed E-state index contributed by atoms with van der Waals surface area (Å²) in [5, 5.41) is 6.66. The van der Waals surface area contributed by atoms with E-state index in [0.717, 1.165) is 6.42 Å². The van der Waals surface area contributed by atoms with Gasteiger partial charge in [-0.1, -0.05) is 19.8 Å². The standard InChI is InChI=1S/C6H13N.Pd/c1-2-3-4-5-6-7;/h6-7H,2-5H2,1H3;. The third kappa shape index (κ3) is 9.59. The molecule has 0 fully saturated rings. The van der Waals surface area contributed by atoms with E-state index >= 15 is 0 Å². The molecule has 0 atom stereocenters. The molecule has 0 aromatic carbocycles. The van der Waals surface area contributed by atoms with E-state index in [9.17, 15) is 0 Å². The number of hydrogen-bond acceptors (Lipinski definition) is 1. The van der Waals surface area contributed by atoms with Crippen LogP contribution in [-0.2, 0) is 20.4 Å². The molecule has 0 saturated carbocycles. The minimum Gasteiger partial charge on any atom is -0.313 e. The molecule has 0 aromatic heterocycles. The van der Waals surface area contributed by atoms with Crippen LogP contribution in [0.25, 0.3) is 0 Å². The fourth-order valence-electron chi connectivity index (χ4n) is 0.496. The van der Waals surface area contributed by atoms with Gasteiger partial charge in [0.05, 0.1) is 0 Å². The first kappa shape index (κ1) is 11.2. The predicted molar refractivity (Wildman–Crippen MR) is 32.9 cm³/mol. The summed E-state index contributed by atoms with van der Waals surface area (Å²) in [6, 6.07) is 0. The van der Waals surface area contributed by atoms with Crippen LogP contribution in [-0.4, -0.2) is 6.21 Å². The molecule has 0 aliphatic carbocycles. The first-order valence-electron chi connectivity index (χ1n) is 2.90. The van der Waals surface area contributed by atoms with E-state index in [1.165, 1.54) is 25.5 Å². The maximum atomic E-state index is 6.66. The van der Waals surface area contributed by atoms with Gasteiger partial charge in [-0.05, 0) is 19.1 Å². The van der Waals surface area contributed by atoms with Crippen LogP contribution in [0, 0.1) is 5.41 Å². The van der Waals surface area contributed by atoms with E-state index < -0.39 is 0 Å². The molecule has 0 heterocycles. The van der Waals surface area contributed by atoms with Crippen molar-refractivity contribution in [3.8, 4) is 0 Å². The molecule has 52 valence electrons. The van der Waals surface area contributed by atoms with Crippen molar-refractivity contribution in [3.05, 3.63) is 0 Å². The first-order valence-corrected chi connectivity index (χ1v) is 2.90. The van der Waals surface area contributed by atoms with Crippen LogP contribution in [0.1, 0.15) is 32.6 Å². The molecule has 1 nitrogen and oxygen atoms in total. The Morgan fingerprint density at radius 2 is 2.00 bits per heavy atom. The molecule has 0 saturated heterocycles. The second-order valence-electron chi connectivity index (χ2n) is 1.70. The average Bonchev–Trinajstić information content (AvgIpc) is 1.69. The zero-order valence-corrected chi connectivity index (χ0v) is 6.78. The second kappa shape index (κ2) is 10.3. The molecular formula is C6H13NPd. The zero-order chi connectivity index (χ0) is 5.54. The van der Waals surface area contributed by atoms with Crippen molar-refractivity contribution >= 4 is 6.21 Å². The van der Waals surface area contributed by atoms with E-state index in [4.69, 9.17) is 5.41 Å². The average molecular weight is 206 g/mol. The van der Waals surface area contributed by atoms with Crippen LogP contribution in [0.4, 0.5) is 0 Å². The first-order chi connectivity index (χ1) is 3.41. The largest absolute Gasteiger partial charge is 0.313 e. The van der Waals surface area contributed by atoms with Crippen LogP contribution in [0.15, 0.2) is 0 Å². The van der Waals surface area contributed by atoms with E-state index in [2.05, 4.69) is 6.92 Å². The van der Waals surface area contributed by atoms with Crippen molar-refractivity contribution < 1.29 is 20.4 Å². The van der Waals surface area contributed by atoms with Gasteiger partial charge in [-0.2, -0.15) is 0 Å². The van der Waals surface area contributed by atoms with Gasteiger partial charge in [0.15, 0.2) is 0 Å². The molecule has 0 spiro atoms. The molecule has 0 aliphatic rings. The minimum absolute atomic E-state index is 0. The summed E-state index contributed by atoms with van der Waals surface area (Å²) < 4.78 is 0. The third-order valence-corrected chi connectivity index (χ3v) is 0.952. The van der Waals surface area contributed by atoms with E-state index in [1.54, 1.807) is 0 Å². The van der Waals surface area contributed by atoms with Gasteiger partial charge in [-0.3, -0.25) is 0 Å². The maximum Gasteiger partial charge on any atom is 0 e. The Bertz CT molecular complexity index is 45.8. The Morgan fingerprint density at radius 3 is 2.38 bits per heavy atom. The third-order valence-electron chi connectivity index (χ3n) is 0.952. The van der Waals surface area contributed by atoms with Gasteiger partial charge in [0.2, 0.25) is 0 Å². The summed E-state index contributed by atoms with van der Waals surface area (Å²) in [7, 11) is 0. The quantitative estimate of drug-likeness (QED) is 0.413. The molecule has 1 N–H and O–H groups in total. The maximum absolute atomic E-state index is 6.66. The Kier molecular flexibility index (Phi) is 14.4. The minimum atomic E-state index is 0. The smallest absolute Gasteiger partial charge is 0 e. The summed E-state index contributed by atoms with van der Waals surface area (Å²) >= 11 is 0. The predicted octanol–water partition coefficient (Wildman–Crippen LogP) is 2.21. The second-order valence-corrected chi connectivity index (χ2v) is 1.70. The van der Waals surface area contributed by atoms with Gasteiger partial charge >= 0.3 is 0 Å². The van der Waals surface area contributed by atoms with Crippen LogP contribution < -0.4 is 0 Å². The van der Waals surface area contributed by atoms with E-state index in [0.29, 0.717) is 0 Å². The van der Waals surface area contributed by atoms with Gasteiger partial charge in [0.1, 0.15) is 0 Å². The topological polar surface area (TPSA) is 23.9 Å². The van der Waals surface area contributed by atoms with Crippen molar-refractivity contribution in [3.63, 3.8) is 0 Å². The summed E-state index contributed by atoms with van der Waals surface area (Å²) in [6.07, 6.45) is 6.17. The summed E-state index contributed by atoms with van der Waals surface area (Å²) in [5.41, 5.74) is 0. The van der Waals surface area contributed by atoms with Crippen molar-refractivity contribution in [2.75, 3.05) is 0 Å². The van der Waals surface area contributed by atoms with Gasteiger partial charge in [-0.25, -0.2) is 0 Å². The van der Waals surface area contributed by atoms with Crippen LogP contribution in [0.2, 0.25) is 0 Å². The Balaban J connectivity index is 0. The van der Waals surface area contributed by atoms with Gasteiger partial charge in [0.25, 0.3) is 0 Å². The fraction of sp³-hybridized carbons (Fsp3) is 0.833. The number of hydrogen-bond donors (Lipinski definition) is 1. The summed E-state index contributed by atoms with van der Waals surface area (Å²) in [4.78, 5) is 0. The van der Waals surface area contributed by atoms with Crippen LogP contribution in [0.3, 0.4) is 0 Å². The fourth-order valence-corrected chi connectivity index (χ4v) is 0.496. The SMILES string of the molecule is CCCCCC=N.[Pd]. The van der Waals surface area contributed by atoms with Crippen LogP contribution in [0.5, 0.6) is 0 Å². The van der Waals surface area contributed by atoms with E-state index in [-0.39, 0.29) is 20.4 Å². The van der Waals surface area contributed by atoms with Gasteiger partial charge in [0, 0.05) is 20.4 Å². The molecule has 0 aliphatic heterocycles. The van der Waals surface area contributed by atoms with Crippen molar-refractivity contribution in [1.82, 2.24) is 0 Å². The molecular weight excluding hydrogens is 192 g/mol. The molecule has 8 heavy (non-hydrogen) atoms. The van der Waals surface area contributed by atoms with E-state index in [1.807, 2.05) is 0 Å². The van der Waals surface area contributed by atoms with Crippen molar-refractivity contribution in [1.29, 1.82) is 5.41 Å². The molecule has 0 unspecified atom stereocenters. The van der Waals surface area contributed by atoms with Gasteiger partial charge < -0.3 is 5.41 Å². The normalized spacial score (nSPS) is 7.62. The molecule has 0 aromatic rings. The monoisotopic (exact) mass is 205 g/mol. The molecule has 2 heteroatoms. The number of nitrogens with one attached hydrogen (secondary N) is 1. The Hall–Kier alpha value is 0.332. The Morgan fingerprint density at radius 1 is 1.38 bits per heavy atom. The van der Waals surface area contributed by atoms with Crippen LogP contribution >= 0.6 is 0 Å². The number of rotatable bonds is 4. The molecule has 0 radical (unpaired) electrons. The van der Waals surface area contributed by atoms with Gasteiger partial charge in [-0.15, -0.1) is 0 Å². The van der Waals surface area contributed by atoms with Crippen molar-refractivity contribution in [2.45, 2.75) is 32.6 Å². The summed E-state index contributed by atoms with van der Waals surface area (Å²) in [6.45, 7) is 2.17. The zero-order valence-electron chi connectivity index (χ0n) is 5.22. The Labute approximate surface area is 65.0 Å². The summed E-state index contributed by atoms with van der Waals surface area (Å²) in [5.74, 6) is 0. The molecule has 0 rings (SSSR count). The number of unbranched alkanes of at least 4 members (excludes halogenated alkanes) is 3. The van der Waals surface area contributed by atoms with Crippen molar-refractivity contribution in [2.24, 2.45) is 0 Å². The molecule has 0 bridgehead atoms. The molecule has 0 amide bonds.